The molecule has 0 aromatic carbocycles. The highest BCUT2D eigenvalue weighted by Gasteiger charge is 2.21. The van der Waals surface area contributed by atoms with E-state index in [1.165, 1.54) is 30.6 Å². The number of thiophene rings is 1. The molecule has 0 saturated heterocycles. The van der Waals surface area contributed by atoms with Gasteiger partial charge in [-0.15, -0.1) is 16.4 Å². The van der Waals surface area contributed by atoms with Gasteiger partial charge in [0, 0.05) is 10.6 Å². The van der Waals surface area contributed by atoms with Crippen LogP contribution in [0.25, 0.3) is 0 Å². The van der Waals surface area contributed by atoms with E-state index >= 15 is 0 Å². The van der Waals surface area contributed by atoms with E-state index in [0.717, 1.165) is 15.8 Å². The Kier molecular flexibility index (Phi) is 4.91. The van der Waals surface area contributed by atoms with Gasteiger partial charge in [0.05, 0.1) is 17.5 Å². The maximum absolute atomic E-state index is 5.38. The van der Waals surface area contributed by atoms with Crippen molar-refractivity contribution < 1.29 is 0 Å². The highest BCUT2D eigenvalue weighted by atomic mass is 32.2. The van der Waals surface area contributed by atoms with Gasteiger partial charge in [-0.05, 0) is 35.4 Å². The number of aromatic nitrogens is 4. The molecule has 110 valence electrons. The number of thioether (sulfide) groups is 1. The highest BCUT2D eigenvalue weighted by molar-refractivity contribution is 7.98. The Balaban J connectivity index is 1.62. The quantitative estimate of drug-likeness (QED) is 0.692. The summed E-state index contributed by atoms with van der Waals surface area (Å²) in [5.74, 6) is 6.82. The summed E-state index contributed by atoms with van der Waals surface area (Å²) in [7, 11) is 0. The van der Waals surface area contributed by atoms with Crippen molar-refractivity contribution in [2.75, 3.05) is 6.54 Å². The summed E-state index contributed by atoms with van der Waals surface area (Å²) in [6.07, 6.45) is 4.94. The lowest BCUT2D eigenvalue weighted by Crippen LogP contribution is -2.08. The topological polar surface area (TPSA) is 69.6 Å². The van der Waals surface area contributed by atoms with Crippen LogP contribution in [-0.4, -0.2) is 26.8 Å². The lowest BCUT2D eigenvalue weighted by Gasteiger charge is -2.10. The molecule has 2 aromatic heterocycles. The Morgan fingerprint density at radius 3 is 3.05 bits per heavy atom. The van der Waals surface area contributed by atoms with Crippen LogP contribution in [-0.2, 0) is 5.75 Å². The van der Waals surface area contributed by atoms with Crippen LogP contribution in [0.15, 0.2) is 17.3 Å². The van der Waals surface area contributed by atoms with Gasteiger partial charge in [0.1, 0.15) is 0 Å². The second-order valence-electron chi connectivity index (χ2n) is 4.90. The summed E-state index contributed by atoms with van der Waals surface area (Å²) in [6.45, 7) is 0.401. The van der Waals surface area contributed by atoms with Crippen molar-refractivity contribution in [3.8, 4) is 11.8 Å². The van der Waals surface area contributed by atoms with E-state index in [0.29, 0.717) is 12.6 Å². The number of nitrogens with two attached hydrogens (primary N) is 1. The molecule has 2 aromatic rings. The van der Waals surface area contributed by atoms with Crippen molar-refractivity contribution in [1.29, 1.82) is 0 Å². The zero-order valence-corrected chi connectivity index (χ0v) is 13.3. The maximum atomic E-state index is 5.38. The first-order valence-corrected chi connectivity index (χ1v) is 8.85. The molecule has 21 heavy (non-hydrogen) atoms. The van der Waals surface area contributed by atoms with Crippen molar-refractivity contribution in [1.82, 2.24) is 20.2 Å². The van der Waals surface area contributed by atoms with Crippen molar-refractivity contribution in [3.63, 3.8) is 0 Å². The molecule has 1 saturated carbocycles. The van der Waals surface area contributed by atoms with E-state index in [9.17, 15) is 0 Å². The lowest BCUT2D eigenvalue weighted by atomic mass is 10.3. The van der Waals surface area contributed by atoms with E-state index < -0.39 is 0 Å². The van der Waals surface area contributed by atoms with Crippen LogP contribution >= 0.6 is 23.1 Å². The molecule has 0 bridgehead atoms. The Hall–Kier alpha value is -1.36. The van der Waals surface area contributed by atoms with Crippen LogP contribution in [0.1, 0.15) is 41.5 Å². The number of rotatable bonds is 4. The fourth-order valence-electron chi connectivity index (χ4n) is 2.45. The summed E-state index contributed by atoms with van der Waals surface area (Å²) in [6, 6.07) is 4.64. The third-order valence-corrected chi connectivity index (χ3v) is 5.62. The Morgan fingerprint density at radius 1 is 1.38 bits per heavy atom. The molecular weight excluding hydrogens is 302 g/mol. The molecule has 5 nitrogen and oxygen atoms in total. The minimum absolute atomic E-state index is 0.401. The van der Waals surface area contributed by atoms with Crippen molar-refractivity contribution in [2.24, 2.45) is 5.73 Å². The zero-order chi connectivity index (χ0) is 14.5. The summed E-state index contributed by atoms with van der Waals surface area (Å²) < 4.78 is 2.00. The van der Waals surface area contributed by atoms with Crippen LogP contribution in [0, 0.1) is 11.8 Å². The average Bonchev–Trinajstić information content (AvgIpc) is 3.22. The second-order valence-corrected chi connectivity index (χ2v) is 7.02. The maximum Gasteiger partial charge on any atom is 0.209 e. The molecule has 7 heteroatoms. The first kappa shape index (κ1) is 14.6. The molecular formula is C14H17N5S2. The molecule has 0 radical (unpaired) electrons. The van der Waals surface area contributed by atoms with E-state index in [4.69, 9.17) is 5.73 Å². The number of hydrogen-bond acceptors (Lipinski definition) is 6. The van der Waals surface area contributed by atoms with E-state index in [2.05, 4.69) is 33.4 Å². The lowest BCUT2D eigenvalue weighted by molar-refractivity contribution is 0.423. The summed E-state index contributed by atoms with van der Waals surface area (Å²) in [5, 5.41) is 13.1. The fraction of sp³-hybridized carbons (Fsp3) is 0.500. The third kappa shape index (κ3) is 3.64. The summed E-state index contributed by atoms with van der Waals surface area (Å²) >= 11 is 3.40. The van der Waals surface area contributed by atoms with Crippen LogP contribution in [0.2, 0.25) is 0 Å². The Bertz CT molecular complexity index is 646. The van der Waals surface area contributed by atoms with Crippen molar-refractivity contribution in [3.05, 3.63) is 21.9 Å². The third-order valence-electron chi connectivity index (χ3n) is 3.45. The van der Waals surface area contributed by atoms with E-state index in [-0.39, 0.29) is 0 Å². The number of nitrogens with zero attached hydrogens (tertiary/aromatic N) is 4. The second kappa shape index (κ2) is 7.07. The largest absolute Gasteiger partial charge is 0.320 e. The smallest absolute Gasteiger partial charge is 0.209 e. The zero-order valence-electron chi connectivity index (χ0n) is 11.7. The van der Waals surface area contributed by atoms with Gasteiger partial charge in [-0.3, -0.25) is 0 Å². The van der Waals surface area contributed by atoms with Gasteiger partial charge in [-0.1, -0.05) is 36.4 Å². The Labute approximate surface area is 132 Å². The highest BCUT2D eigenvalue weighted by Crippen LogP contribution is 2.32. The van der Waals surface area contributed by atoms with Crippen LogP contribution < -0.4 is 5.73 Å². The van der Waals surface area contributed by atoms with Gasteiger partial charge in [-0.2, -0.15) is 0 Å². The van der Waals surface area contributed by atoms with Crippen LogP contribution in [0.3, 0.4) is 0 Å². The molecule has 0 aliphatic heterocycles. The van der Waals surface area contributed by atoms with Gasteiger partial charge in [0.15, 0.2) is 0 Å². The van der Waals surface area contributed by atoms with Gasteiger partial charge >= 0.3 is 0 Å². The predicted molar refractivity (Wildman–Crippen MR) is 85.1 cm³/mol. The molecule has 2 N–H and O–H groups in total. The summed E-state index contributed by atoms with van der Waals surface area (Å²) in [5.41, 5.74) is 5.38. The van der Waals surface area contributed by atoms with Crippen LogP contribution in [0.5, 0.6) is 0 Å². The minimum atomic E-state index is 0.401. The van der Waals surface area contributed by atoms with Crippen LogP contribution in [0.4, 0.5) is 0 Å². The first-order valence-electron chi connectivity index (χ1n) is 7.05. The first-order chi connectivity index (χ1) is 10.4. The molecule has 2 heterocycles. The number of hydrogen-bond donors (Lipinski definition) is 1. The van der Waals surface area contributed by atoms with Gasteiger partial charge in [0.2, 0.25) is 5.16 Å². The van der Waals surface area contributed by atoms with Gasteiger partial charge in [0.25, 0.3) is 0 Å². The SMILES string of the molecule is NCC#Cc1ccc(CSc2nnnn2C2CCCC2)s1. The van der Waals surface area contributed by atoms with Crippen molar-refractivity contribution in [2.45, 2.75) is 42.6 Å². The van der Waals surface area contributed by atoms with E-state index in [1.54, 1.807) is 23.1 Å². The van der Waals surface area contributed by atoms with Gasteiger partial charge < -0.3 is 5.73 Å². The monoisotopic (exact) mass is 319 g/mol. The normalized spacial score (nSPS) is 15.1. The molecule has 0 atom stereocenters. The van der Waals surface area contributed by atoms with Crippen molar-refractivity contribution >= 4 is 23.1 Å². The molecule has 1 aliphatic rings. The molecule has 1 aliphatic carbocycles. The molecule has 0 unspecified atom stereocenters. The average molecular weight is 319 g/mol. The number of tetrazole rings is 1. The Morgan fingerprint density at radius 2 is 2.24 bits per heavy atom. The molecule has 3 rings (SSSR count). The van der Waals surface area contributed by atoms with E-state index in [1.807, 2.05) is 10.7 Å². The summed E-state index contributed by atoms with van der Waals surface area (Å²) in [4.78, 5) is 2.34. The molecule has 1 fully saturated rings. The predicted octanol–water partition coefficient (Wildman–Crippen LogP) is 2.45. The molecule has 0 amide bonds. The standard InChI is InChI=1S/C14H17N5S2/c15-9-3-6-12-7-8-13(21-12)10-20-14-16-17-18-19(14)11-4-1-2-5-11/h7-8,11H,1-2,4-5,9-10,15H2. The fourth-order valence-corrected chi connectivity index (χ4v) is 4.32. The minimum Gasteiger partial charge on any atom is -0.320 e. The molecule has 0 spiro atoms. The van der Waals surface area contributed by atoms with Gasteiger partial charge in [-0.25, -0.2) is 4.68 Å².